The van der Waals surface area contributed by atoms with Crippen LogP contribution in [0, 0.1) is 0 Å². The number of amides is 2. The van der Waals surface area contributed by atoms with E-state index in [1.807, 2.05) is 18.2 Å². The molecular weight excluding hydrogens is 268 g/mol. The Labute approximate surface area is 125 Å². The zero-order chi connectivity index (χ0) is 15.3. The minimum absolute atomic E-state index is 0.224. The number of rotatable bonds is 4. The van der Waals surface area contributed by atoms with Crippen molar-refractivity contribution in [1.82, 2.24) is 10.2 Å². The van der Waals surface area contributed by atoms with Gasteiger partial charge >= 0.3 is 6.03 Å². The maximum Gasteiger partial charge on any atom is 0.319 e. The third-order valence-corrected chi connectivity index (χ3v) is 4.04. The van der Waals surface area contributed by atoms with Gasteiger partial charge in [0, 0.05) is 31.4 Å². The van der Waals surface area contributed by atoms with Gasteiger partial charge in [-0.05, 0) is 32.0 Å². The van der Waals surface area contributed by atoms with Crippen molar-refractivity contribution in [1.29, 1.82) is 0 Å². The zero-order valence-corrected chi connectivity index (χ0v) is 12.7. The molecule has 1 aliphatic heterocycles. The number of anilines is 1. The van der Waals surface area contributed by atoms with Gasteiger partial charge in [0.2, 0.25) is 0 Å². The predicted octanol–water partition coefficient (Wildman–Crippen LogP) is 1.24. The second-order valence-corrected chi connectivity index (χ2v) is 5.60. The molecule has 1 fully saturated rings. The molecule has 1 saturated heterocycles. The molecule has 1 aromatic rings. The molecule has 2 amide bonds. The van der Waals surface area contributed by atoms with Crippen molar-refractivity contribution in [3.8, 4) is 5.75 Å². The number of ether oxygens (including phenoxy) is 1. The molecule has 116 valence electrons. The van der Waals surface area contributed by atoms with E-state index in [0.717, 1.165) is 25.9 Å². The molecule has 1 aliphatic rings. The first-order chi connectivity index (χ1) is 10.1. The Hall–Kier alpha value is -1.79. The highest BCUT2D eigenvalue weighted by atomic mass is 16.5. The first kappa shape index (κ1) is 15.6. The molecule has 0 spiro atoms. The van der Waals surface area contributed by atoms with Crippen molar-refractivity contribution >= 4 is 11.7 Å². The van der Waals surface area contributed by atoms with E-state index < -0.39 is 0 Å². The van der Waals surface area contributed by atoms with Gasteiger partial charge in [-0.3, -0.25) is 0 Å². The molecule has 0 unspecified atom stereocenters. The van der Waals surface area contributed by atoms with Crippen LogP contribution < -0.4 is 21.1 Å². The summed E-state index contributed by atoms with van der Waals surface area (Å²) in [6, 6.07) is 7.05. The van der Waals surface area contributed by atoms with Gasteiger partial charge in [0.15, 0.2) is 0 Å². The number of urea groups is 1. The first-order valence-electron chi connectivity index (χ1n) is 7.19. The number of nitrogens with zero attached hydrogens (tertiary/aromatic N) is 1. The molecule has 6 heteroatoms. The Morgan fingerprint density at radius 2 is 2.14 bits per heavy atom. The summed E-state index contributed by atoms with van der Waals surface area (Å²) >= 11 is 0. The minimum Gasteiger partial charge on any atom is -0.497 e. The van der Waals surface area contributed by atoms with E-state index in [9.17, 15) is 4.79 Å². The van der Waals surface area contributed by atoms with E-state index in [0.29, 0.717) is 18.0 Å². The van der Waals surface area contributed by atoms with Crippen LogP contribution in [0.5, 0.6) is 5.75 Å². The second-order valence-electron chi connectivity index (χ2n) is 5.60. The van der Waals surface area contributed by atoms with Gasteiger partial charge in [0.1, 0.15) is 5.75 Å². The lowest BCUT2D eigenvalue weighted by molar-refractivity contribution is 0.165. The van der Waals surface area contributed by atoms with E-state index in [-0.39, 0.29) is 11.6 Å². The molecule has 4 N–H and O–H groups in total. The van der Waals surface area contributed by atoms with Crippen molar-refractivity contribution in [3.63, 3.8) is 0 Å². The fraction of sp³-hybridized carbons (Fsp3) is 0.533. The van der Waals surface area contributed by atoms with Gasteiger partial charge in [-0.15, -0.1) is 0 Å². The molecule has 1 aromatic carbocycles. The molecule has 1 heterocycles. The van der Waals surface area contributed by atoms with Gasteiger partial charge < -0.3 is 26.0 Å². The fourth-order valence-electron chi connectivity index (χ4n) is 2.53. The molecule has 0 aliphatic carbocycles. The number of likely N-dealkylation sites (tertiary alicyclic amines) is 1. The largest absolute Gasteiger partial charge is 0.497 e. The molecule has 6 nitrogen and oxygen atoms in total. The maximum atomic E-state index is 12.2. The SMILES string of the molecule is COc1cccc(NC(=O)NC2(CN)CCN(C)CC2)c1. The monoisotopic (exact) mass is 292 g/mol. The van der Waals surface area contributed by atoms with Crippen molar-refractivity contribution in [3.05, 3.63) is 24.3 Å². The number of hydrogen-bond acceptors (Lipinski definition) is 4. The Kier molecular flexibility index (Phi) is 5.03. The van der Waals surface area contributed by atoms with Gasteiger partial charge in [-0.2, -0.15) is 0 Å². The topological polar surface area (TPSA) is 79.6 Å². The summed E-state index contributed by atoms with van der Waals surface area (Å²) in [6.45, 7) is 2.33. The Morgan fingerprint density at radius 1 is 1.43 bits per heavy atom. The number of nitrogens with one attached hydrogen (secondary N) is 2. The molecular formula is C15H24N4O2. The third-order valence-electron chi connectivity index (χ3n) is 4.04. The number of benzene rings is 1. The highest BCUT2D eigenvalue weighted by Gasteiger charge is 2.33. The van der Waals surface area contributed by atoms with Crippen LogP contribution >= 0.6 is 0 Å². The van der Waals surface area contributed by atoms with Crippen LogP contribution in [0.15, 0.2) is 24.3 Å². The van der Waals surface area contributed by atoms with Crippen LogP contribution in [-0.2, 0) is 0 Å². The Bertz CT molecular complexity index is 484. The number of carbonyl (C=O) groups excluding carboxylic acids is 1. The number of piperidine rings is 1. The summed E-state index contributed by atoms with van der Waals surface area (Å²) in [5.74, 6) is 0.709. The van der Waals surface area contributed by atoms with E-state index in [1.54, 1.807) is 13.2 Å². The summed E-state index contributed by atoms with van der Waals surface area (Å²) in [4.78, 5) is 14.4. The molecule has 0 bridgehead atoms. The van der Waals surface area contributed by atoms with Crippen molar-refractivity contribution in [2.75, 3.05) is 39.1 Å². The summed E-state index contributed by atoms with van der Waals surface area (Å²) in [5, 5.41) is 5.88. The Morgan fingerprint density at radius 3 is 2.76 bits per heavy atom. The highest BCUT2D eigenvalue weighted by molar-refractivity contribution is 5.90. The third kappa shape index (κ3) is 4.09. The molecule has 21 heavy (non-hydrogen) atoms. The van der Waals surface area contributed by atoms with Crippen molar-refractivity contribution < 1.29 is 9.53 Å². The lowest BCUT2D eigenvalue weighted by Crippen LogP contribution is -2.59. The van der Waals surface area contributed by atoms with Crippen LogP contribution in [0.3, 0.4) is 0 Å². The minimum atomic E-state index is -0.310. The van der Waals surface area contributed by atoms with Crippen LogP contribution in [0.4, 0.5) is 10.5 Å². The average Bonchev–Trinajstić information content (AvgIpc) is 2.50. The zero-order valence-electron chi connectivity index (χ0n) is 12.7. The van der Waals surface area contributed by atoms with Gasteiger partial charge in [0.05, 0.1) is 12.6 Å². The van der Waals surface area contributed by atoms with Gasteiger partial charge in [0.25, 0.3) is 0 Å². The van der Waals surface area contributed by atoms with E-state index in [2.05, 4.69) is 22.6 Å². The van der Waals surface area contributed by atoms with Crippen LogP contribution in [0.2, 0.25) is 0 Å². The molecule has 0 radical (unpaired) electrons. The lowest BCUT2D eigenvalue weighted by atomic mass is 9.88. The second kappa shape index (κ2) is 6.78. The predicted molar refractivity (Wildman–Crippen MR) is 83.7 cm³/mol. The number of hydrogen-bond donors (Lipinski definition) is 3. The quantitative estimate of drug-likeness (QED) is 0.780. The number of nitrogens with two attached hydrogens (primary N) is 1. The lowest BCUT2D eigenvalue weighted by Gasteiger charge is -2.40. The summed E-state index contributed by atoms with van der Waals surface area (Å²) in [5.41, 5.74) is 6.28. The summed E-state index contributed by atoms with van der Waals surface area (Å²) < 4.78 is 5.14. The first-order valence-corrected chi connectivity index (χ1v) is 7.19. The maximum absolute atomic E-state index is 12.2. The summed E-state index contributed by atoms with van der Waals surface area (Å²) in [7, 11) is 3.68. The van der Waals surface area contributed by atoms with Crippen molar-refractivity contribution in [2.24, 2.45) is 5.73 Å². The van der Waals surface area contributed by atoms with E-state index >= 15 is 0 Å². The highest BCUT2D eigenvalue weighted by Crippen LogP contribution is 2.21. The van der Waals surface area contributed by atoms with E-state index in [1.165, 1.54) is 0 Å². The van der Waals surface area contributed by atoms with Crippen LogP contribution in [-0.4, -0.2) is 50.3 Å². The average molecular weight is 292 g/mol. The molecule has 0 saturated carbocycles. The summed E-state index contributed by atoms with van der Waals surface area (Å²) in [6.07, 6.45) is 1.73. The standard InChI is InChI=1S/C15H24N4O2/c1-19-8-6-15(11-16,7-9-19)18-14(20)17-12-4-3-5-13(10-12)21-2/h3-5,10H,6-9,11,16H2,1-2H3,(H2,17,18,20). The molecule has 0 atom stereocenters. The smallest absolute Gasteiger partial charge is 0.319 e. The molecule has 0 aromatic heterocycles. The normalized spacial score (nSPS) is 18.0. The Balaban J connectivity index is 1.96. The van der Waals surface area contributed by atoms with Crippen LogP contribution in [0.25, 0.3) is 0 Å². The number of carbonyl (C=O) groups is 1. The van der Waals surface area contributed by atoms with Crippen LogP contribution in [0.1, 0.15) is 12.8 Å². The van der Waals surface area contributed by atoms with Crippen molar-refractivity contribution in [2.45, 2.75) is 18.4 Å². The van der Waals surface area contributed by atoms with Gasteiger partial charge in [-0.1, -0.05) is 6.07 Å². The fourth-order valence-corrected chi connectivity index (χ4v) is 2.53. The van der Waals surface area contributed by atoms with Gasteiger partial charge in [-0.25, -0.2) is 4.79 Å². The molecule has 2 rings (SSSR count). The van der Waals surface area contributed by atoms with E-state index in [4.69, 9.17) is 10.5 Å². The number of methoxy groups -OCH3 is 1.